The molecule has 1 N–H and O–H groups in total. The standard InChI is InChI=1S/C26H31N5OS2/c1-5-22(25(32)27-18-8-6-7-9-18)34-26-29-28-24(21-15-23-19(30(21)4)12-13-33-23)31(26)20-14-16(2)10-11-17(20)3/h10-15,18,22H,5-9H2,1-4H3,(H,27,32)/t22-/m0/s1. The van der Waals surface area contributed by atoms with E-state index < -0.39 is 0 Å². The van der Waals surface area contributed by atoms with Crippen molar-refractivity contribution in [2.75, 3.05) is 0 Å². The smallest absolute Gasteiger partial charge is 0.233 e. The van der Waals surface area contributed by atoms with Crippen molar-refractivity contribution in [3.8, 4) is 17.2 Å². The number of fused-ring (bicyclic) bond motifs is 1. The normalized spacial score (nSPS) is 15.3. The molecule has 1 aliphatic carbocycles. The Hall–Kier alpha value is -2.58. The number of benzene rings is 1. The number of aromatic nitrogens is 4. The highest BCUT2D eigenvalue weighted by Crippen LogP contribution is 2.36. The zero-order chi connectivity index (χ0) is 23.8. The number of carbonyl (C=O) groups is 1. The Bertz CT molecular complexity index is 1330. The van der Waals surface area contributed by atoms with Crippen molar-refractivity contribution >= 4 is 39.2 Å². The molecule has 0 aliphatic heterocycles. The molecule has 3 aromatic heterocycles. The second-order valence-corrected chi connectivity index (χ2v) is 11.3. The number of hydrogen-bond acceptors (Lipinski definition) is 5. The maximum Gasteiger partial charge on any atom is 0.233 e. The van der Waals surface area contributed by atoms with Crippen LogP contribution < -0.4 is 5.32 Å². The van der Waals surface area contributed by atoms with E-state index in [9.17, 15) is 4.79 Å². The SMILES string of the molecule is CC[C@H](Sc1nnc(-c2cc3sccc3n2C)n1-c1cc(C)ccc1C)C(=O)NC1CCCC1. The molecule has 6 nitrogen and oxygen atoms in total. The first kappa shape index (κ1) is 23.2. The number of hydrogen-bond donors (Lipinski definition) is 1. The van der Waals surface area contributed by atoms with Gasteiger partial charge in [-0.1, -0.05) is 43.7 Å². The molecular weight excluding hydrogens is 462 g/mol. The molecule has 8 heteroatoms. The Kier molecular flexibility index (Phi) is 6.53. The zero-order valence-corrected chi connectivity index (χ0v) is 21.8. The van der Waals surface area contributed by atoms with Crippen LogP contribution >= 0.6 is 23.1 Å². The third-order valence-corrected chi connectivity index (χ3v) is 8.90. The summed E-state index contributed by atoms with van der Waals surface area (Å²) < 4.78 is 5.54. The fraction of sp³-hybridized carbons (Fsp3) is 0.423. The molecule has 3 heterocycles. The Morgan fingerprint density at radius 1 is 1.21 bits per heavy atom. The number of thiophene rings is 1. The molecule has 1 aromatic carbocycles. The van der Waals surface area contributed by atoms with E-state index in [4.69, 9.17) is 0 Å². The molecule has 0 spiro atoms. The van der Waals surface area contributed by atoms with E-state index in [0.717, 1.165) is 47.2 Å². The summed E-state index contributed by atoms with van der Waals surface area (Å²) in [4.78, 5) is 13.1. The summed E-state index contributed by atoms with van der Waals surface area (Å²) >= 11 is 3.24. The summed E-state index contributed by atoms with van der Waals surface area (Å²) in [7, 11) is 2.07. The van der Waals surface area contributed by atoms with Gasteiger partial charge in [0, 0.05) is 13.1 Å². The average Bonchev–Trinajstić information content (AvgIpc) is 3.60. The second kappa shape index (κ2) is 9.58. The lowest BCUT2D eigenvalue weighted by Crippen LogP contribution is -2.38. The van der Waals surface area contributed by atoms with Crippen LogP contribution in [-0.2, 0) is 11.8 Å². The Labute approximate surface area is 208 Å². The van der Waals surface area contributed by atoms with Gasteiger partial charge in [0.15, 0.2) is 11.0 Å². The predicted octanol–water partition coefficient (Wildman–Crippen LogP) is 6.03. The van der Waals surface area contributed by atoms with Gasteiger partial charge in [-0.3, -0.25) is 9.36 Å². The van der Waals surface area contributed by atoms with Gasteiger partial charge in [-0.15, -0.1) is 21.5 Å². The van der Waals surface area contributed by atoms with Gasteiger partial charge in [0.05, 0.1) is 26.8 Å². The van der Waals surface area contributed by atoms with E-state index in [1.807, 2.05) is 0 Å². The summed E-state index contributed by atoms with van der Waals surface area (Å²) in [6.07, 6.45) is 5.30. The number of nitrogens with one attached hydrogen (secondary N) is 1. The molecule has 1 aliphatic rings. The van der Waals surface area contributed by atoms with Crippen LogP contribution in [-0.4, -0.2) is 36.5 Å². The van der Waals surface area contributed by atoms with E-state index >= 15 is 0 Å². The minimum absolute atomic E-state index is 0.107. The predicted molar refractivity (Wildman–Crippen MR) is 141 cm³/mol. The summed E-state index contributed by atoms with van der Waals surface area (Å²) in [6.45, 7) is 6.28. The Balaban J connectivity index is 1.57. The first-order valence-corrected chi connectivity index (χ1v) is 13.8. The number of carbonyl (C=O) groups excluding carboxylic acids is 1. The molecule has 5 rings (SSSR count). The number of rotatable bonds is 7. The number of aryl methyl sites for hydroxylation is 3. The van der Waals surface area contributed by atoms with Gasteiger partial charge in [-0.2, -0.15) is 0 Å². The molecule has 1 saturated carbocycles. The lowest BCUT2D eigenvalue weighted by atomic mass is 10.1. The lowest BCUT2D eigenvalue weighted by Gasteiger charge is -2.19. The first-order chi connectivity index (χ1) is 16.5. The molecule has 178 valence electrons. The third kappa shape index (κ3) is 4.29. The van der Waals surface area contributed by atoms with Crippen LogP contribution in [0.25, 0.3) is 27.4 Å². The van der Waals surface area contributed by atoms with Crippen LogP contribution in [0.1, 0.15) is 50.2 Å². The van der Waals surface area contributed by atoms with Gasteiger partial charge in [0.1, 0.15) is 0 Å². The van der Waals surface area contributed by atoms with Gasteiger partial charge >= 0.3 is 0 Å². The molecule has 0 saturated heterocycles. The third-order valence-electron chi connectivity index (χ3n) is 6.74. The summed E-state index contributed by atoms with van der Waals surface area (Å²) in [5.74, 6) is 0.906. The molecule has 1 atom stereocenters. The van der Waals surface area contributed by atoms with Gasteiger partial charge in [-0.05, 0) is 67.8 Å². The fourth-order valence-electron chi connectivity index (χ4n) is 4.77. The lowest BCUT2D eigenvalue weighted by molar-refractivity contribution is -0.121. The molecule has 34 heavy (non-hydrogen) atoms. The second-order valence-electron chi connectivity index (χ2n) is 9.19. The highest BCUT2D eigenvalue weighted by atomic mass is 32.2. The van der Waals surface area contributed by atoms with Crippen molar-refractivity contribution in [2.45, 2.75) is 69.3 Å². The van der Waals surface area contributed by atoms with Crippen LogP contribution in [0.4, 0.5) is 0 Å². The Morgan fingerprint density at radius 3 is 2.74 bits per heavy atom. The van der Waals surface area contributed by atoms with Crippen molar-refractivity contribution in [3.05, 3.63) is 46.8 Å². The van der Waals surface area contributed by atoms with Crippen molar-refractivity contribution in [1.29, 1.82) is 0 Å². The van der Waals surface area contributed by atoms with Gasteiger partial charge in [-0.25, -0.2) is 0 Å². The van der Waals surface area contributed by atoms with Crippen LogP contribution in [0, 0.1) is 13.8 Å². The average molecular weight is 494 g/mol. The molecule has 0 unspecified atom stereocenters. The van der Waals surface area contributed by atoms with Gasteiger partial charge in [0.2, 0.25) is 5.91 Å². The molecule has 0 bridgehead atoms. The van der Waals surface area contributed by atoms with E-state index in [1.165, 1.54) is 40.4 Å². The van der Waals surface area contributed by atoms with Crippen LogP contribution in [0.2, 0.25) is 0 Å². The quantitative estimate of drug-likeness (QED) is 0.319. The molecular formula is C26H31N5OS2. The van der Waals surface area contributed by atoms with Crippen molar-refractivity contribution in [3.63, 3.8) is 0 Å². The van der Waals surface area contributed by atoms with Crippen LogP contribution in [0.5, 0.6) is 0 Å². The van der Waals surface area contributed by atoms with E-state index in [-0.39, 0.29) is 11.2 Å². The van der Waals surface area contributed by atoms with E-state index in [1.54, 1.807) is 11.3 Å². The highest BCUT2D eigenvalue weighted by molar-refractivity contribution is 8.00. The molecule has 4 aromatic rings. The first-order valence-electron chi connectivity index (χ1n) is 12.0. The van der Waals surface area contributed by atoms with E-state index in [0.29, 0.717) is 6.04 Å². The number of nitrogens with zero attached hydrogens (tertiary/aromatic N) is 4. The van der Waals surface area contributed by atoms with Crippen molar-refractivity contribution < 1.29 is 4.79 Å². The van der Waals surface area contributed by atoms with Crippen LogP contribution in [0.15, 0.2) is 40.9 Å². The molecule has 1 fully saturated rings. The summed E-state index contributed by atoms with van der Waals surface area (Å²) in [5, 5.41) is 15.2. The number of thioether (sulfide) groups is 1. The maximum atomic E-state index is 13.1. The topological polar surface area (TPSA) is 64.7 Å². The largest absolute Gasteiger partial charge is 0.352 e. The zero-order valence-electron chi connectivity index (χ0n) is 20.2. The van der Waals surface area contributed by atoms with E-state index in [2.05, 4.69) is 88.2 Å². The monoisotopic (exact) mass is 493 g/mol. The van der Waals surface area contributed by atoms with Crippen LogP contribution in [0.3, 0.4) is 0 Å². The van der Waals surface area contributed by atoms with Gasteiger partial charge < -0.3 is 9.88 Å². The summed E-state index contributed by atoms with van der Waals surface area (Å²) in [6, 6.07) is 11.1. The number of amides is 1. The molecule has 0 radical (unpaired) electrons. The Morgan fingerprint density at radius 2 is 2.00 bits per heavy atom. The van der Waals surface area contributed by atoms with Crippen molar-refractivity contribution in [1.82, 2.24) is 24.6 Å². The summed E-state index contributed by atoms with van der Waals surface area (Å²) in [5.41, 5.74) is 5.58. The minimum Gasteiger partial charge on any atom is -0.352 e. The van der Waals surface area contributed by atoms with Crippen molar-refractivity contribution in [2.24, 2.45) is 7.05 Å². The minimum atomic E-state index is -0.210. The maximum absolute atomic E-state index is 13.1. The van der Waals surface area contributed by atoms with Gasteiger partial charge in [0.25, 0.3) is 0 Å². The fourth-order valence-corrected chi connectivity index (χ4v) is 6.59. The highest BCUT2D eigenvalue weighted by Gasteiger charge is 2.27. The molecule has 1 amide bonds.